The van der Waals surface area contributed by atoms with Crippen LogP contribution in [0.2, 0.25) is 0 Å². The molecule has 1 heterocycles. The molecule has 0 saturated carbocycles. The number of ether oxygens (including phenoxy) is 3. The molecule has 146 valence electrons. The lowest BCUT2D eigenvalue weighted by atomic mass is 9.97. The summed E-state index contributed by atoms with van der Waals surface area (Å²) in [6.45, 7) is 3.99. The van der Waals surface area contributed by atoms with E-state index in [9.17, 15) is 4.79 Å². The van der Waals surface area contributed by atoms with E-state index in [1.165, 1.54) is 14.2 Å². The van der Waals surface area contributed by atoms with Crippen LogP contribution in [0.15, 0.2) is 54.6 Å². The normalized spacial score (nSPS) is 10.9. The smallest absolute Gasteiger partial charge is 0.345 e. The summed E-state index contributed by atoms with van der Waals surface area (Å²) >= 11 is 0. The van der Waals surface area contributed by atoms with Crippen LogP contribution in [0.3, 0.4) is 0 Å². The van der Waals surface area contributed by atoms with E-state index in [0.717, 1.165) is 32.9 Å². The van der Waals surface area contributed by atoms with Gasteiger partial charge in [-0.15, -0.1) is 0 Å². The van der Waals surface area contributed by atoms with Crippen molar-refractivity contribution in [3.8, 4) is 17.2 Å². The zero-order valence-corrected chi connectivity index (χ0v) is 16.8. The first-order valence-electron chi connectivity index (χ1n) is 9.26. The minimum atomic E-state index is -0.483. The Morgan fingerprint density at radius 2 is 1.55 bits per heavy atom. The van der Waals surface area contributed by atoms with Crippen molar-refractivity contribution in [2.45, 2.75) is 13.8 Å². The number of hydrogen-bond donors (Lipinski definition) is 0. The molecule has 0 amide bonds. The van der Waals surface area contributed by atoms with Gasteiger partial charge in [-0.05, 0) is 49.2 Å². The van der Waals surface area contributed by atoms with Crippen LogP contribution in [0, 0.1) is 13.8 Å². The van der Waals surface area contributed by atoms with Crippen molar-refractivity contribution in [2.24, 2.45) is 0 Å². The molecule has 0 saturated heterocycles. The first-order valence-corrected chi connectivity index (χ1v) is 9.26. The molecule has 5 heteroatoms. The number of benzene rings is 3. The Labute approximate surface area is 168 Å². The number of aryl methyl sites for hydroxylation is 2. The van der Waals surface area contributed by atoms with E-state index in [2.05, 4.69) is 0 Å². The monoisotopic (exact) mass is 387 g/mol. The largest absolute Gasteiger partial charge is 0.493 e. The number of pyridine rings is 1. The van der Waals surface area contributed by atoms with Gasteiger partial charge in [-0.25, -0.2) is 9.78 Å². The first-order chi connectivity index (χ1) is 14.0. The number of carbonyl (C=O) groups is 1. The fourth-order valence-corrected chi connectivity index (χ4v) is 3.68. The minimum Gasteiger partial charge on any atom is -0.493 e. The molecule has 5 nitrogen and oxygen atoms in total. The van der Waals surface area contributed by atoms with E-state index < -0.39 is 5.97 Å². The average Bonchev–Trinajstić information content (AvgIpc) is 2.72. The van der Waals surface area contributed by atoms with E-state index in [1.54, 1.807) is 18.2 Å². The van der Waals surface area contributed by atoms with Gasteiger partial charge in [0.2, 0.25) is 5.75 Å². The zero-order valence-electron chi connectivity index (χ0n) is 16.8. The summed E-state index contributed by atoms with van der Waals surface area (Å²) in [5, 5.41) is 1.53. The maximum atomic E-state index is 13.5. The van der Waals surface area contributed by atoms with Gasteiger partial charge in [-0.1, -0.05) is 30.3 Å². The van der Waals surface area contributed by atoms with Crippen LogP contribution in [0.25, 0.3) is 21.8 Å². The molecular formula is C24H21NO4. The molecule has 0 N–H and O–H groups in total. The molecule has 3 aromatic carbocycles. The van der Waals surface area contributed by atoms with Gasteiger partial charge < -0.3 is 14.2 Å². The van der Waals surface area contributed by atoms with E-state index in [4.69, 9.17) is 19.2 Å². The predicted octanol–water partition coefficient (Wildman–Crippen LogP) is 5.24. The quantitative estimate of drug-likeness (QED) is 0.272. The van der Waals surface area contributed by atoms with Gasteiger partial charge in [-0.3, -0.25) is 0 Å². The van der Waals surface area contributed by atoms with E-state index in [1.807, 2.05) is 50.2 Å². The van der Waals surface area contributed by atoms with Crippen molar-refractivity contribution in [1.82, 2.24) is 4.98 Å². The number of carbonyl (C=O) groups excluding carboxylic acids is 1. The maximum absolute atomic E-state index is 13.5. The van der Waals surface area contributed by atoms with Crippen LogP contribution >= 0.6 is 0 Å². The fraction of sp³-hybridized carbons (Fsp3) is 0.167. The van der Waals surface area contributed by atoms with Gasteiger partial charge in [0.1, 0.15) is 0 Å². The highest BCUT2D eigenvalue weighted by molar-refractivity contribution is 6.15. The number of fused-ring (bicyclic) bond motifs is 2. The topological polar surface area (TPSA) is 57.7 Å². The molecule has 0 aliphatic carbocycles. The van der Waals surface area contributed by atoms with E-state index in [0.29, 0.717) is 17.1 Å². The number of aromatic nitrogens is 1. The van der Waals surface area contributed by atoms with Crippen molar-refractivity contribution in [3.05, 3.63) is 71.3 Å². The highest BCUT2D eigenvalue weighted by Gasteiger charge is 2.23. The zero-order chi connectivity index (χ0) is 20.5. The highest BCUT2D eigenvalue weighted by Crippen LogP contribution is 2.38. The third-order valence-electron chi connectivity index (χ3n) is 4.90. The Morgan fingerprint density at radius 3 is 2.24 bits per heavy atom. The van der Waals surface area contributed by atoms with Crippen LogP contribution in [0.4, 0.5) is 0 Å². The number of hydrogen-bond acceptors (Lipinski definition) is 5. The molecule has 0 fully saturated rings. The summed E-state index contributed by atoms with van der Waals surface area (Å²) in [6.07, 6.45) is 0. The van der Waals surface area contributed by atoms with Crippen molar-refractivity contribution in [1.29, 1.82) is 0 Å². The first kappa shape index (κ1) is 18.7. The molecule has 4 aromatic rings. The molecule has 1 aromatic heterocycles. The summed E-state index contributed by atoms with van der Waals surface area (Å²) < 4.78 is 16.6. The van der Waals surface area contributed by atoms with Gasteiger partial charge in [0, 0.05) is 10.8 Å². The number of methoxy groups -OCH3 is 2. The van der Waals surface area contributed by atoms with Gasteiger partial charge in [-0.2, -0.15) is 0 Å². The van der Waals surface area contributed by atoms with Crippen LogP contribution < -0.4 is 14.2 Å². The molecule has 0 aliphatic rings. The molecule has 29 heavy (non-hydrogen) atoms. The van der Waals surface area contributed by atoms with E-state index in [-0.39, 0.29) is 5.75 Å². The van der Waals surface area contributed by atoms with Crippen molar-refractivity contribution < 1.29 is 19.0 Å². The molecule has 4 rings (SSSR count). The lowest BCUT2D eigenvalue weighted by molar-refractivity contribution is 0.0728. The van der Waals surface area contributed by atoms with Crippen LogP contribution in [0.5, 0.6) is 17.2 Å². The van der Waals surface area contributed by atoms with Gasteiger partial charge in [0.15, 0.2) is 11.5 Å². The Balaban J connectivity index is 1.97. The van der Waals surface area contributed by atoms with Gasteiger partial charge >= 0.3 is 5.97 Å². The number of para-hydroxylation sites is 2. The Morgan fingerprint density at radius 1 is 0.862 bits per heavy atom. The van der Waals surface area contributed by atoms with Crippen molar-refractivity contribution in [2.75, 3.05) is 14.2 Å². The second kappa shape index (κ2) is 7.43. The molecular weight excluding hydrogens is 366 g/mol. The Kier molecular flexibility index (Phi) is 4.80. The van der Waals surface area contributed by atoms with Gasteiger partial charge in [0.05, 0.1) is 30.8 Å². The third-order valence-corrected chi connectivity index (χ3v) is 4.90. The summed E-state index contributed by atoms with van der Waals surface area (Å²) in [5.41, 5.74) is 4.04. The predicted molar refractivity (Wildman–Crippen MR) is 113 cm³/mol. The molecule has 0 aliphatic heterocycles. The lowest BCUT2D eigenvalue weighted by Crippen LogP contribution is -2.12. The van der Waals surface area contributed by atoms with Crippen LogP contribution in [-0.2, 0) is 0 Å². The van der Waals surface area contributed by atoms with Crippen LogP contribution in [-0.4, -0.2) is 25.2 Å². The highest BCUT2D eigenvalue weighted by atomic mass is 16.6. The molecule has 0 unspecified atom stereocenters. The third kappa shape index (κ3) is 3.25. The van der Waals surface area contributed by atoms with Gasteiger partial charge in [0.25, 0.3) is 0 Å². The second-order valence-electron chi connectivity index (χ2n) is 6.86. The maximum Gasteiger partial charge on any atom is 0.345 e. The second-order valence-corrected chi connectivity index (χ2v) is 6.86. The molecule has 0 atom stereocenters. The minimum absolute atomic E-state index is 0.251. The van der Waals surface area contributed by atoms with Crippen molar-refractivity contribution in [3.63, 3.8) is 0 Å². The summed E-state index contributed by atoms with van der Waals surface area (Å²) in [7, 11) is 3.05. The summed E-state index contributed by atoms with van der Waals surface area (Å²) in [4.78, 5) is 18.2. The fourth-order valence-electron chi connectivity index (χ4n) is 3.68. The number of nitrogens with zero attached hydrogens (tertiary/aromatic N) is 1. The SMILES string of the molecule is COc1cccc(OC)c1OC(=O)c1c2ccccc2nc2cc(C)cc(C)c12. The molecule has 0 radical (unpaired) electrons. The summed E-state index contributed by atoms with van der Waals surface area (Å²) in [5.74, 6) is 0.616. The summed E-state index contributed by atoms with van der Waals surface area (Å²) in [6, 6.07) is 16.8. The molecule has 0 spiro atoms. The molecule has 0 bridgehead atoms. The van der Waals surface area contributed by atoms with Crippen LogP contribution in [0.1, 0.15) is 21.5 Å². The standard InChI is InChI=1S/C24H21NO4/c1-14-12-15(2)21-18(13-14)25-17-9-6-5-8-16(17)22(21)24(26)29-23-19(27-3)10-7-11-20(23)28-4/h5-13H,1-4H3. The average molecular weight is 387 g/mol. The van der Waals surface area contributed by atoms with E-state index >= 15 is 0 Å². The lowest BCUT2D eigenvalue weighted by Gasteiger charge is -2.16. The number of esters is 1. The Bertz CT molecular complexity index is 1220. The van der Waals surface area contributed by atoms with Crippen molar-refractivity contribution >= 4 is 27.8 Å². The number of rotatable bonds is 4. The Hall–Kier alpha value is -3.60.